The van der Waals surface area contributed by atoms with Crippen LogP contribution in [0.25, 0.3) is 10.9 Å². The van der Waals surface area contributed by atoms with Gasteiger partial charge in [0.05, 0.1) is 11.2 Å². The molecule has 1 aliphatic carbocycles. The first kappa shape index (κ1) is 19.6. The van der Waals surface area contributed by atoms with Gasteiger partial charge in [0.1, 0.15) is 5.03 Å². The first-order valence-corrected chi connectivity index (χ1v) is 12.0. The van der Waals surface area contributed by atoms with Crippen molar-refractivity contribution in [3.63, 3.8) is 0 Å². The monoisotopic (exact) mass is 415 g/mol. The van der Waals surface area contributed by atoms with E-state index in [2.05, 4.69) is 67.3 Å². The highest BCUT2D eigenvalue weighted by atomic mass is 32.2. The van der Waals surface area contributed by atoms with Gasteiger partial charge in [0.2, 0.25) is 0 Å². The number of aromatic nitrogens is 1. The zero-order valence-corrected chi connectivity index (χ0v) is 18.7. The Labute approximate surface area is 183 Å². The van der Waals surface area contributed by atoms with E-state index in [1.165, 1.54) is 54.2 Å². The third-order valence-electron chi connectivity index (χ3n) is 6.45. The molecule has 2 heterocycles. The van der Waals surface area contributed by atoms with Crippen LogP contribution in [0.4, 0.5) is 5.69 Å². The van der Waals surface area contributed by atoms with E-state index in [9.17, 15) is 0 Å². The lowest BCUT2D eigenvalue weighted by Gasteiger charge is -2.39. The van der Waals surface area contributed by atoms with E-state index in [0.29, 0.717) is 6.04 Å². The van der Waals surface area contributed by atoms with Crippen LogP contribution in [0.3, 0.4) is 0 Å². The van der Waals surface area contributed by atoms with Crippen molar-refractivity contribution >= 4 is 33.5 Å². The molecule has 2 aromatic carbocycles. The number of thioether (sulfide) groups is 1. The number of fused-ring (bicyclic) bond motifs is 2. The van der Waals surface area contributed by atoms with E-state index in [4.69, 9.17) is 9.98 Å². The highest BCUT2D eigenvalue weighted by molar-refractivity contribution is 8.13. The Morgan fingerprint density at radius 1 is 1.07 bits per heavy atom. The number of pyridine rings is 1. The third-order valence-corrected chi connectivity index (χ3v) is 7.50. The molecule has 5 rings (SSSR count). The lowest BCUT2D eigenvalue weighted by Crippen LogP contribution is -2.41. The number of rotatable bonds is 3. The zero-order chi connectivity index (χ0) is 20.5. The first-order valence-electron chi connectivity index (χ1n) is 11.2. The van der Waals surface area contributed by atoms with E-state index < -0.39 is 0 Å². The summed E-state index contributed by atoms with van der Waals surface area (Å²) >= 11 is 1.75. The van der Waals surface area contributed by atoms with Gasteiger partial charge in [-0.25, -0.2) is 9.98 Å². The molecule has 3 aromatic rings. The van der Waals surface area contributed by atoms with Crippen LogP contribution in [0, 0.1) is 6.92 Å². The Kier molecular flexibility index (Phi) is 5.51. The van der Waals surface area contributed by atoms with E-state index in [0.717, 1.165) is 34.4 Å². The summed E-state index contributed by atoms with van der Waals surface area (Å²) in [7, 11) is 0. The predicted molar refractivity (Wildman–Crippen MR) is 128 cm³/mol. The van der Waals surface area contributed by atoms with E-state index in [1.807, 2.05) is 0 Å². The van der Waals surface area contributed by atoms with Crippen molar-refractivity contribution in [1.29, 1.82) is 0 Å². The average Bonchev–Trinajstić information content (AvgIpc) is 2.79. The van der Waals surface area contributed by atoms with Gasteiger partial charge in [-0.1, -0.05) is 56.5 Å². The molecule has 30 heavy (non-hydrogen) atoms. The topological polar surface area (TPSA) is 28.5 Å². The van der Waals surface area contributed by atoms with Crippen molar-refractivity contribution in [3.8, 4) is 0 Å². The second-order valence-corrected chi connectivity index (χ2v) is 9.49. The van der Waals surface area contributed by atoms with E-state index in [1.54, 1.807) is 11.8 Å². The highest BCUT2D eigenvalue weighted by Crippen LogP contribution is 2.38. The minimum Gasteiger partial charge on any atom is -0.343 e. The Morgan fingerprint density at radius 3 is 2.63 bits per heavy atom. The fraction of sp³-hybridized carbons (Fsp3) is 0.385. The third kappa shape index (κ3) is 3.85. The molecule has 0 radical (unpaired) electrons. The van der Waals surface area contributed by atoms with Gasteiger partial charge in [0.25, 0.3) is 0 Å². The summed E-state index contributed by atoms with van der Waals surface area (Å²) in [5.74, 6) is 0. The molecule has 1 aliphatic heterocycles. The molecule has 1 aromatic heterocycles. The Bertz CT molecular complexity index is 1080. The number of aryl methyl sites for hydroxylation is 2. The van der Waals surface area contributed by atoms with Crippen molar-refractivity contribution < 1.29 is 0 Å². The fourth-order valence-corrected chi connectivity index (χ4v) is 5.70. The lowest BCUT2D eigenvalue weighted by molar-refractivity contribution is 0.238. The van der Waals surface area contributed by atoms with Gasteiger partial charge in [0, 0.05) is 23.5 Å². The summed E-state index contributed by atoms with van der Waals surface area (Å²) in [5, 5.41) is 3.47. The zero-order valence-electron chi connectivity index (χ0n) is 17.9. The van der Waals surface area contributed by atoms with Crippen LogP contribution in [-0.4, -0.2) is 21.1 Å². The van der Waals surface area contributed by atoms with Gasteiger partial charge in [-0.05, 0) is 67.3 Å². The van der Waals surface area contributed by atoms with Gasteiger partial charge in [-0.3, -0.25) is 0 Å². The molecule has 0 bridgehead atoms. The molecule has 154 valence electrons. The van der Waals surface area contributed by atoms with Crippen LogP contribution in [0.15, 0.2) is 58.5 Å². The van der Waals surface area contributed by atoms with Crippen molar-refractivity contribution in [3.05, 3.63) is 65.2 Å². The maximum Gasteiger partial charge on any atom is 0.171 e. The van der Waals surface area contributed by atoms with Gasteiger partial charge in [0.15, 0.2) is 5.17 Å². The van der Waals surface area contributed by atoms with Crippen LogP contribution in [0.2, 0.25) is 0 Å². The van der Waals surface area contributed by atoms with Crippen molar-refractivity contribution in [2.45, 2.75) is 70.0 Å². The number of para-hydroxylation sites is 1. The van der Waals surface area contributed by atoms with Gasteiger partial charge in [-0.2, -0.15) is 0 Å². The van der Waals surface area contributed by atoms with Crippen LogP contribution in [0.1, 0.15) is 55.7 Å². The average molecular weight is 416 g/mol. The molecular formula is C26H29N3S. The molecule has 4 heteroatoms. The van der Waals surface area contributed by atoms with Gasteiger partial charge >= 0.3 is 0 Å². The van der Waals surface area contributed by atoms with E-state index in [-0.39, 0.29) is 0 Å². The summed E-state index contributed by atoms with van der Waals surface area (Å²) < 4.78 is 0. The molecule has 0 atom stereocenters. The predicted octanol–water partition coefficient (Wildman–Crippen LogP) is 7.03. The number of nitrogens with zero attached hydrogens (tertiary/aromatic N) is 3. The number of aliphatic imine (C=N–C) groups is 1. The van der Waals surface area contributed by atoms with Gasteiger partial charge in [-0.15, -0.1) is 0 Å². The number of amidine groups is 1. The van der Waals surface area contributed by atoms with Crippen LogP contribution in [-0.2, 0) is 13.0 Å². The second kappa shape index (κ2) is 8.43. The molecule has 0 spiro atoms. The standard InChI is InChI=1S/C26H29N3S/c1-3-19-12-14-22(15-13-19)27-26-29(23-10-5-4-6-11-23)17-21-16-20-9-7-8-18(2)24(20)28-25(21)30-26/h7-9,12-16,23H,3-6,10-11,17H2,1-2H3. The maximum atomic E-state index is 5.12. The molecule has 3 nitrogen and oxygen atoms in total. The van der Waals surface area contributed by atoms with Crippen molar-refractivity contribution in [2.24, 2.45) is 4.99 Å². The summed E-state index contributed by atoms with van der Waals surface area (Å²) in [6.07, 6.45) is 7.61. The summed E-state index contributed by atoms with van der Waals surface area (Å²) in [4.78, 5) is 12.7. The number of benzene rings is 2. The summed E-state index contributed by atoms with van der Waals surface area (Å²) in [6.45, 7) is 5.25. The maximum absolute atomic E-state index is 5.12. The summed E-state index contributed by atoms with van der Waals surface area (Å²) in [6, 6.07) is 18.1. The Morgan fingerprint density at radius 2 is 1.87 bits per heavy atom. The minimum atomic E-state index is 0.585. The smallest absolute Gasteiger partial charge is 0.171 e. The normalized spacial score (nSPS) is 18.7. The molecule has 2 aliphatic rings. The fourth-order valence-electron chi connectivity index (χ4n) is 4.65. The minimum absolute atomic E-state index is 0.585. The molecule has 1 saturated carbocycles. The molecule has 1 fully saturated rings. The van der Waals surface area contributed by atoms with Crippen molar-refractivity contribution in [2.75, 3.05) is 0 Å². The number of hydrogen-bond donors (Lipinski definition) is 0. The molecule has 0 saturated heterocycles. The Hall–Kier alpha value is -2.33. The summed E-state index contributed by atoms with van der Waals surface area (Å²) in [5.41, 5.74) is 6.08. The molecule has 0 N–H and O–H groups in total. The molecule has 0 unspecified atom stereocenters. The molecule has 0 amide bonds. The molecular weight excluding hydrogens is 386 g/mol. The Balaban J connectivity index is 1.56. The lowest BCUT2D eigenvalue weighted by atomic mass is 9.94. The van der Waals surface area contributed by atoms with E-state index >= 15 is 0 Å². The van der Waals surface area contributed by atoms with Crippen LogP contribution >= 0.6 is 11.8 Å². The number of hydrogen-bond acceptors (Lipinski definition) is 3. The second-order valence-electron chi connectivity index (χ2n) is 8.54. The quantitative estimate of drug-likeness (QED) is 0.459. The SMILES string of the molecule is CCc1ccc(N=C2Sc3nc4c(C)cccc4cc3CN2C2CCCCC2)cc1. The van der Waals surface area contributed by atoms with Crippen LogP contribution < -0.4 is 0 Å². The highest BCUT2D eigenvalue weighted by Gasteiger charge is 2.30. The largest absolute Gasteiger partial charge is 0.343 e. The first-order chi connectivity index (χ1) is 14.7. The van der Waals surface area contributed by atoms with Crippen molar-refractivity contribution in [1.82, 2.24) is 9.88 Å². The van der Waals surface area contributed by atoms with Gasteiger partial charge < -0.3 is 4.90 Å². The van der Waals surface area contributed by atoms with Crippen LogP contribution in [0.5, 0.6) is 0 Å².